The normalized spacial score (nSPS) is 10.9. The molecule has 0 aliphatic carbocycles. The molecule has 0 aliphatic rings. The van der Waals surface area contributed by atoms with Crippen molar-refractivity contribution in [2.24, 2.45) is 0 Å². The summed E-state index contributed by atoms with van der Waals surface area (Å²) in [5.41, 5.74) is 1.61. The summed E-state index contributed by atoms with van der Waals surface area (Å²) in [5, 5.41) is 1.16. The van der Waals surface area contributed by atoms with Crippen molar-refractivity contribution in [2.75, 3.05) is 19.4 Å². The van der Waals surface area contributed by atoms with Crippen LogP contribution in [-0.2, 0) is 17.9 Å². The third-order valence-electron chi connectivity index (χ3n) is 4.55. The molecule has 0 N–H and O–H groups in total. The van der Waals surface area contributed by atoms with E-state index < -0.39 is 0 Å². The van der Waals surface area contributed by atoms with Gasteiger partial charge in [-0.05, 0) is 43.7 Å². The lowest BCUT2D eigenvalue weighted by Gasteiger charge is -2.18. The van der Waals surface area contributed by atoms with Crippen molar-refractivity contribution in [3.8, 4) is 5.75 Å². The van der Waals surface area contributed by atoms with E-state index in [0.29, 0.717) is 35.8 Å². The maximum Gasteiger partial charge on any atom is 0.262 e. The second-order valence-electron chi connectivity index (χ2n) is 6.58. The lowest BCUT2D eigenvalue weighted by atomic mass is 10.2. The third-order valence-corrected chi connectivity index (χ3v) is 5.51. The molecule has 0 radical (unpaired) electrons. The number of carbonyl (C=O) groups excluding carboxylic acids is 1. The van der Waals surface area contributed by atoms with Crippen LogP contribution in [0.25, 0.3) is 10.9 Å². The number of para-hydroxylation sites is 1. The Bertz CT molecular complexity index is 1050. The zero-order valence-corrected chi connectivity index (χ0v) is 17.7. The van der Waals surface area contributed by atoms with Crippen LogP contribution in [-0.4, -0.2) is 39.8 Å². The van der Waals surface area contributed by atoms with Crippen LogP contribution in [0.4, 0.5) is 0 Å². The van der Waals surface area contributed by atoms with Crippen LogP contribution in [0.1, 0.15) is 19.4 Å². The number of fused-ring (bicyclic) bond motifs is 1. The first kappa shape index (κ1) is 20.9. The highest BCUT2D eigenvalue weighted by molar-refractivity contribution is 7.99. The molecule has 29 heavy (non-hydrogen) atoms. The number of aromatic nitrogens is 2. The van der Waals surface area contributed by atoms with E-state index in [1.54, 1.807) is 22.6 Å². The van der Waals surface area contributed by atoms with Crippen molar-refractivity contribution in [1.29, 1.82) is 0 Å². The number of ether oxygens (including phenoxy) is 1. The molecule has 1 amide bonds. The topological polar surface area (TPSA) is 64.4 Å². The van der Waals surface area contributed by atoms with Gasteiger partial charge < -0.3 is 9.64 Å². The Morgan fingerprint density at radius 3 is 2.55 bits per heavy atom. The van der Waals surface area contributed by atoms with Gasteiger partial charge in [-0.3, -0.25) is 14.2 Å². The molecule has 3 rings (SSSR count). The Balaban J connectivity index is 1.67. The number of thioether (sulfide) groups is 1. The van der Waals surface area contributed by atoms with Crippen molar-refractivity contribution in [3.05, 3.63) is 64.4 Å². The van der Waals surface area contributed by atoms with Gasteiger partial charge in [0, 0.05) is 20.1 Å². The van der Waals surface area contributed by atoms with Crippen molar-refractivity contribution in [3.63, 3.8) is 0 Å². The van der Waals surface area contributed by atoms with Crippen LogP contribution in [0.2, 0.25) is 0 Å². The van der Waals surface area contributed by atoms with E-state index in [1.807, 2.05) is 56.3 Å². The largest absolute Gasteiger partial charge is 0.494 e. The first-order chi connectivity index (χ1) is 14.0. The first-order valence-electron chi connectivity index (χ1n) is 9.61. The number of amides is 1. The van der Waals surface area contributed by atoms with Crippen molar-refractivity contribution in [2.45, 2.75) is 32.1 Å². The molecule has 0 spiro atoms. The number of rotatable bonds is 8. The molecule has 0 saturated carbocycles. The van der Waals surface area contributed by atoms with E-state index in [1.165, 1.54) is 11.8 Å². The van der Waals surface area contributed by atoms with Crippen LogP contribution in [0.3, 0.4) is 0 Å². The molecule has 0 saturated heterocycles. The maximum absolute atomic E-state index is 12.7. The van der Waals surface area contributed by atoms with E-state index in [-0.39, 0.29) is 17.2 Å². The Hall–Kier alpha value is -2.80. The Labute approximate surface area is 174 Å². The molecule has 152 valence electrons. The standard InChI is InChI=1S/C22H25N3O3S/c1-4-25-21(27)18-8-6-7-9-19(18)23-22(25)29-15-20(26)24(3)14-16-10-12-17(13-11-16)28-5-2/h6-13H,4-5,14-15H2,1-3H3. The fraction of sp³-hybridized carbons (Fsp3) is 0.318. The smallest absolute Gasteiger partial charge is 0.262 e. The Kier molecular flexibility index (Phi) is 6.93. The average Bonchev–Trinajstić information content (AvgIpc) is 2.73. The lowest BCUT2D eigenvalue weighted by molar-refractivity contribution is -0.127. The predicted octanol–water partition coefficient (Wildman–Crippen LogP) is 3.57. The third kappa shape index (κ3) is 4.98. The number of benzene rings is 2. The summed E-state index contributed by atoms with van der Waals surface area (Å²) < 4.78 is 7.06. The Morgan fingerprint density at radius 2 is 1.86 bits per heavy atom. The molecule has 0 atom stereocenters. The molecule has 1 aromatic heterocycles. The zero-order valence-electron chi connectivity index (χ0n) is 16.9. The van der Waals surface area contributed by atoms with E-state index in [0.717, 1.165) is 11.3 Å². The molecule has 0 aliphatic heterocycles. The average molecular weight is 412 g/mol. The molecule has 6 nitrogen and oxygen atoms in total. The lowest BCUT2D eigenvalue weighted by Crippen LogP contribution is -2.28. The summed E-state index contributed by atoms with van der Waals surface area (Å²) in [4.78, 5) is 31.6. The minimum Gasteiger partial charge on any atom is -0.494 e. The van der Waals surface area contributed by atoms with Gasteiger partial charge in [-0.2, -0.15) is 0 Å². The van der Waals surface area contributed by atoms with Gasteiger partial charge in [0.25, 0.3) is 5.56 Å². The van der Waals surface area contributed by atoms with Gasteiger partial charge in [0.1, 0.15) is 5.75 Å². The molecule has 2 aromatic carbocycles. The summed E-state index contributed by atoms with van der Waals surface area (Å²) in [7, 11) is 1.78. The minimum atomic E-state index is -0.0733. The van der Waals surface area contributed by atoms with Gasteiger partial charge in [0.2, 0.25) is 5.91 Å². The predicted molar refractivity (Wildman–Crippen MR) is 116 cm³/mol. The molecular weight excluding hydrogens is 386 g/mol. The number of hydrogen-bond acceptors (Lipinski definition) is 5. The van der Waals surface area contributed by atoms with Crippen LogP contribution < -0.4 is 10.3 Å². The zero-order chi connectivity index (χ0) is 20.8. The van der Waals surface area contributed by atoms with E-state index in [9.17, 15) is 9.59 Å². The SMILES string of the molecule is CCOc1ccc(CN(C)C(=O)CSc2nc3ccccc3c(=O)n2CC)cc1. The van der Waals surface area contributed by atoms with Crippen molar-refractivity contribution in [1.82, 2.24) is 14.5 Å². The molecular formula is C22H25N3O3S. The van der Waals surface area contributed by atoms with Gasteiger partial charge in [-0.15, -0.1) is 0 Å². The van der Waals surface area contributed by atoms with Crippen molar-refractivity contribution >= 4 is 28.6 Å². The van der Waals surface area contributed by atoms with Crippen LogP contribution in [0.15, 0.2) is 58.5 Å². The van der Waals surface area contributed by atoms with Gasteiger partial charge in [0.15, 0.2) is 5.16 Å². The number of nitrogens with zero attached hydrogens (tertiary/aromatic N) is 3. The van der Waals surface area contributed by atoms with Gasteiger partial charge >= 0.3 is 0 Å². The minimum absolute atomic E-state index is 0.0195. The van der Waals surface area contributed by atoms with E-state index in [2.05, 4.69) is 4.98 Å². The highest BCUT2D eigenvalue weighted by atomic mass is 32.2. The van der Waals surface area contributed by atoms with E-state index >= 15 is 0 Å². The highest BCUT2D eigenvalue weighted by Gasteiger charge is 2.14. The fourth-order valence-corrected chi connectivity index (χ4v) is 4.00. The molecule has 0 fully saturated rings. The van der Waals surface area contributed by atoms with E-state index in [4.69, 9.17) is 4.74 Å². The molecule has 0 unspecified atom stereocenters. The molecule has 3 aromatic rings. The summed E-state index contributed by atoms with van der Waals surface area (Å²) in [6.07, 6.45) is 0. The highest BCUT2D eigenvalue weighted by Crippen LogP contribution is 2.19. The summed E-state index contributed by atoms with van der Waals surface area (Å²) in [6, 6.07) is 15.0. The summed E-state index contributed by atoms with van der Waals surface area (Å²) in [5.74, 6) is 1.02. The summed E-state index contributed by atoms with van der Waals surface area (Å²) >= 11 is 1.30. The number of hydrogen-bond donors (Lipinski definition) is 0. The molecule has 7 heteroatoms. The maximum atomic E-state index is 12.7. The second-order valence-corrected chi connectivity index (χ2v) is 7.52. The number of carbonyl (C=O) groups is 1. The van der Waals surface area contributed by atoms with Gasteiger partial charge in [-0.1, -0.05) is 36.0 Å². The van der Waals surface area contributed by atoms with Crippen LogP contribution in [0.5, 0.6) is 5.75 Å². The quantitative estimate of drug-likeness (QED) is 0.419. The van der Waals surface area contributed by atoms with Crippen LogP contribution >= 0.6 is 11.8 Å². The molecule has 0 bridgehead atoms. The molecule has 1 heterocycles. The summed E-state index contributed by atoms with van der Waals surface area (Å²) in [6.45, 7) is 5.50. The second kappa shape index (κ2) is 9.60. The van der Waals surface area contributed by atoms with Gasteiger partial charge in [-0.25, -0.2) is 4.98 Å². The van der Waals surface area contributed by atoms with Crippen LogP contribution in [0, 0.1) is 0 Å². The van der Waals surface area contributed by atoms with Crippen molar-refractivity contribution < 1.29 is 9.53 Å². The Morgan fingerprint density at radius 1 is 1.14 bits per heavy atom. The first-order valence-corrected chi connectivity index (χ1v) is 10.6. The fourth-order valence-electron chi connectivity index (χ4n) is 2.99. The monoisotopic (exact) mass is 411 g/mol. The van der Waals surface area contributed by atoms with Gasteiger partial charge in [0.05, 0.1) is 23.3 Å².